The Bertz CT molecular complexity index is 672. The molecule has 0 rings (SSSR count). The Labute approximate surface area is 260 Å². The molecule has 0 amide bonds. The van der Waals surface area contributed by atoms with Gasteiger partial charge in [0.1, 0.15) is 0 Å². The van der Waals surface area contributed by atoms with E-state index in [1.165, 1.54) is 116 Å². The fourth-order valence-electron chi connectivity index (χ4n) is 5.77. The number of Topliss-reactive ketones (excluding diaryl/α,β-unsaturated/α-hetero) is 2. The third kappa shape index (κ3) is 18.2. The summed E-state index contributed by atoms with van der Waals surface area (Å²) in [6, 6.07) is 0. The molecule has 248 valence electrons. The van der Waals surface area contributed by atoms with Gasteiger partial charge in [-0.15, -0.1) is 0 Å². The summed E-state index contributed by atoms with van der Waals surface area (Å²) < 4.78 is 12.0. The van der Waals surface area contributed by atoms with Gasteiger partial charge >= 0.3 is 13.8 Å². The Morgan fingerprint density at radius 1 is 0.476 bits per heavy atom. The molecule has 7 heteroatoms. The molecule has 0 aromatic heterocycles. The van der Waals surface area contributed by atoms with Crippen molar-refractivity contribution in [1.82, 2.24) is 0 Å². The lowest BCUT2D eigenvalue weighted by atomic mass is 9.85. The number of carbonyl (C=O) groups is 2. The van der Waals surface area contributed by atoms with Gasteiger partial charge in [0, 0.05) is 12.8 Å². The average Bonchev–Trinajstić information content (AvgIpc) is 3.00. The van der Waals surface area contributed by atoms with Crippen LogP contribution < -0.4 is 0 Å². The summed E-state index contributed by atoms with van der Waals surface area (Å²) in [5, 5.41) is 28.9. The summed E-state index contributed by atoms with van der Waals surface area (Å²) in [6.45, 7) is 3.34. The van der Waals surface area contributed by atoms with Gasteiger partial charge in [-0.1, -0.05) is 173 Å². The van der Waals surface area contributed by atoms with E-state index in [0.717, 1.165) is 38.5 Å². The van der Waals surface area contributed by atoms with Gasteiger partial charge < -0.3 is 15.3 Å². The number of ketones is 2. The Balaban J connectivity index is 4.17. The highest BCUT2D eigenvalue weighted by Crippen LogP contribution is 2.37. The minimum absolute atomic E-state index is 0.0619. The molecule has 42 heavy (non-hydrogen) atoms. The van der Waals surface area contributed by atoms with E-state index in [1.807, 2.05) is 0 Å². The van der Waals surface area contributed by atoms with Gasteiger partial charge in [-0.25, -0.2) is 0 Å². The highest BCUT2D eigenvalue weighted by atomic mass is 31.1. The van der Waals surface area contributed by atoms with Crippen LogP contribution in [0.3, 0.4) is 0 Å². The van der Waals surface area contributed by atoms with Crippen LogP contribution in [0.4, 0.5) is 0 Å². The highest BCUT2D eigenvalue weighted by Gasteiger charge is 2.65. The predicted molar refractivity (Wildman–Crippen MR) is 177 cm³/mol. The molecular weight excluding hydrogens is 547 g/mol. The summed E-state index contributed by atoms with van der Waals surface area (Å²) in [7, 11) is -1.63. The molecule has 6 nitrogen and oxygen atoms in total. The molecule has 0 saturated carbocycles. The van der Waals surface area contributed by atoms with Crippen molar-refractivity contribution >= 4 is 20.0 Å². The first-order valence-corrected chi connectivity index (χ1v) is 18.8. The monoisotopic (exact) mass is 615 g/mol. The zero-order chi connectivity index (χ0) is 31.4. The van der Waals surface area contributed by atoms with Crippen LogP contribution in [0.5, 0.6) is 0 Å². The van der Waals surface area contributed by atoms with E-state index in [2.05, 4.69) is 13.8 Å². The lowest BCUT2D eigenvalue weighted by Gasteiger charge is -2.30. The molecular formula is C35H68O6P+. The molecule has 0 radical (unpaired) electrons. The molecule has 0 aliphatic carbocycles. The van der Waals surface area contributed by atoms with Crippen LogP contribution in [0.1, 0.15) is 194 Å². The van der Waals surface area contributed by atoms with E-state index in [0.29, 0.717) is 12.8 Å². The van der Waals surface area contributed by atoms with E-state index in [1.54, 1.807) is 0 Å². The van der Waals surface area contributed by atoms with Crippen molar-refractivity contribution in [2.45, 2.75) is 205 Å². The van der Waals surface area contributed by atoms with Crippen LogP contribution in [0, 0.1) is 0 Å². The average molecular weight is 616 g/mol. The first-order valence-electron chi connectivity index (χ1n) is 17.9. The SMILES string of the molecule is CCCCCCCCCCCCCCCC(=O)C(O)(CO)C(O)([PH+]=O)C(=O)CCCCCCCCCCCCCCC. The minimum Gasteiger partial charge on any atom is -0.393 e. The Morgan fingerprint density at radius 2 is 0.738 bits per heavy atom. The van der Waals surface area contributed by atoms with E-state index in [9.17, 15) is 29.5 Å². The minimum atomic E-state index is -2.76. The first kappa shape index (κ1) is 41.3. The fraction of sp³-hybridized carbons (Fsp3) is 0.943. The van der Waals surface area contributed by atoms with Gasteiger partial charge in [0.05, 0.1) is 6.61 Å². The number of aliphatic hydroxyl groups is 3. The maximum Gasteiger partial charge on any atom is 0.371 e. The molecule has 3 atom stereocenters. The second-order valence-corrected chi connectivity index (χ2v) is 13.6. The number of hydrogen-bond donors (Lipinski definition) is 3. The fourth-order valence-corrected chi connectivity index (χ4v) is 6.40. The van der Waals surface area contributed by atoms with Crippen molar-refractivity contribution in [3.05, 3.63) is 0 Å². The highest BCUT2D eigenvalue weighted by molar-refractivity contribution is 7.27. The van der Waals surface area contributed by atoms with Gasteiger partial charge in [0.25, 0.3) is 0 Å². The number of hydrogen-bond acceptors (Lipinski definition) is 6. The number of unbranched alkanes of at least 4 members (excludes halogenated alkanes) is 24. The van der Waals surface area contributed by atoms with E-state index < -0.39 is 37.6 Å². The zero-order valence-electron chi connectivity index (χ0n) is 27.6. The summed E-state index contributed by atoms with van der Waals surface area (Å²) >= 11 is 0. The molecule has 0 aliphatic rings. The number of rotatable bonds is 33. The van der Waals surface area contributed by atoms with Crippen LogP contribution >= 0.6 is 8.46 Å². The maximum atomic E-state index is 12.8. The maximum absolute atomic E-state index is 12.8. The van der Waals surface area contributed by atoms with Crippen LogP contribution in [-0.4, -0.2) is 44.4 Å². The van der Waals surface area contributed by atoms with Crippen LogP contribution in [-0.2, 0) is 14.2 Å². The summed E-state index contributed by atoms with van der Waals surface area (Å²) in [6.07, 6.45) is 29.8. The molecule has 0 aromatic carbocycles. The predicted octanol–water partition coefficient (Wildman–Crippen LogP) is 9.52. The lowest BCUT2D eigenvalue weighted by molar-refractivity contribution is -0.172. The first-order chi connectivity index (χ1) is 20.3. The van der Waals surface area contributed by atoms with Crippen molar-refractivity contribution in [3.63, 3.8) is 0 Å². The number of carbonyl (C=O) groups excluding carboxylic acids is 2. The van der Waals surface area contributed by atoms with Crippen molar-refractivity contribution < 1.29 is 29.5 Å². The standard InChI is InChI=1S/C35H67O6P/c1-3-5-7-9-11-13-15-17-19-21-23-25-27-29-32(37)34(39,31-36)35(40,42-41)33(38)30-28-26-24-22-20-18-16-14-12-10-8-6-4-2/h36,39-40H,3-31H2,1-2H3/p+1. The van der Waals surface area contributed by atoms with Crippen molar-refractivity contribution in [2.24, 2.45) is 0 Å². The number of aliphatic hydroxyl groups excluding tert-OH is 1. The molecule has 0 saturated heterocycles. The Morgan fingerprint density at radius 3 is 1.00 bits per heavy atom. The summed E-state index contributed by atoms with van der Waals surface area (Å²) in [5.74, 6) is -1.63. The summed E-state index contributed by atoms with van der Waals surface area (Å²) in [4.78, 5) is 25.7. The smallest absolute Gasteiger partial charge is 0.371 e. The van der Waals surface area contributed by atoms with E-state index >= 15 is 0 Å². The largest absolute Gasteiger partial charge is 0.393 e. The molecule has 3 N–H and O–H groups in total. The molecule has 0 aromatic rings. The van der Waals surface area contributed by atoms with Gasteiger partial charge in [-0.05, 0) is 12.8 Å². The third-order valence-electron chi connectivity index (χ3n) is 8.85. The second kappa shape index (κ2) is 27.8. The quantitative estimate of drug-likeness (QED) is 0.0501. The van der Waals surface area contributed by atoms with E-state index in [4.69, 9.17) is 0 Å². The zero-order valence-corrected chi connectivity index (χ0v) is 28.6. The lowest BCUT2D eigenvalue weighted by Crippen LogP contribution is -2.62. The van der Waals surface area contributed by atoms with Gasteiger partial charge in [-0.3, -0.25) is 9.59 Å². The molecule has 0 spiro atoms. The topological polar surface area (TPSA) is 112 Å². The van der Waals surface area contributed by atoms with Gasteiger partial charge in [-0.2, -0.15) is 0 Å². The van der Waals surface area contributed by atoms with Crippen LogP contribution in [0.15, 0.2) is 0 Å². The Kier molecular flexibility index (Phi) is 27.4. The van der Waals surface area contributed by atoms with Crippen LogP contribution in [0.25, 0.3) is 0 Å². The van der Waals surface area contributed by atoms with Crippen molar-refractivity contribution in [2.75, 3.05) is 6.61 Å². The molecule has 0 bridgehead atoms. The van der Waals surface area contributed by atoms with Crippen LogP contribution in [0.2, 0.25) is 0 Å². The molecule has 3 unspecified atom stereocenters. The molecule has 0 heterocycles. The van der Waals surface area contributed by atoms with Gasteiger partial charge in [0.15, 0.2) is 5.78 Å². The van der Waals surface area contributed by atoms with E-state index in [-0.39, 0.29) is 12.8 Å². The van der Waals surface area contributed by atoms with Crippen molar-refractivity contribution in [1.29, 1.82) is 0 Å². The normalized spacial score (nSPS) is 14.6. The summed E-state index contributed by atoms with van der Waals surface area (Å²) in [5.41, 5.74) is -2.72. The third-order valence-corrected chi connectivity index (χ3v) is 9.84. The van der Waals surface area contributed by atoms with Gasteiger partial charge in [0.2, 0.25) is 11.4 Å². The molecule has 0 aliphatic heterocycles. The molecule has 0 fully saturated rings. The Hall–Kier alpha value is -0.680. The van der Waals surface area contributed by atoms with Crippen molar-refractivity contribution in [3.8, 4) is 0 Å². The second-order valence-electron chi connectivity index (χ2n) is 12.7.